The molecule has 0 unspecified atom stereocenters. The van der Waals surface area contributed by atoms with Gasteiger partial charge in [-0.2, -0.15) is 0 Å². The number of hydrogen-bond acceptors (Lipinski definition) is 4. The molecule has 2 fully saturated rings. The molecule has 0 spiro atoms. The summed E-state index contributed by atoms with van der Waals surface area (Å²) in [4.78, 5) is 23.5. The van der Waals surface area contributed by atoms with Gasteiger partial charge in [-0.25, -0.2) is 4.98 Å². The molecule has 0 bridgehead atoms. The van der Waals surface area contributed by atoms with Gasteiger partial charge in [0.05, 0.1) is 12.2 Å². The Morgan fingerprint density at radius 1 is 1.04 bits per heavy atom. The lowest BCUT2D eigenvalue weighted by Gasteiger charge is -2.36. The van der Waals surface area contributed by atoms with Crippen molar-refractivity contribution in [2.45, 2.75) is 57.9 Å². The van der Waals surface area contributed by atoms with E-state index in [1.807, 2.05) is 11.3 Å². The number of nitrogens with zero attached hydrogens (tertiary/aromatic N) is 3. The zero-order valence-corrected chi connectivity index (χ0v) is 14.7. The fraction of sp³-hybridized carbons (Fsp3) is 0.778. The highest BCUT2D eigenvalue weighted by atomic mass is 32.1. The summed E-state index contributed by atoms with van der Waals surface area (Å²) in [7, 11) is 0. The highest BCUT2D eigenvalue weighted by molar-refractivity contribution is 7.11. The number of rotatable bonds is 3. The van der Waals surface area contributed by atoms with Crippen molar-refractivity contribution >= 4 is 17.2 Å². The van der Waals surface area contributed by atoms with Crippen LogP contribution in [-0.2, 0) is 24.2 Å². The van der Waals surface area contributed by atoms with E-state index in [1.165, 1.54) is 54.1 Å². The van der Waals surface area contributed by atoms with Gasteiger partial charge in [0.25, 0.3) is 0 Å². The maximum absolute atomic E-state index is 12.6. The van der Waals surface area contributed by atoms with E-state index in [1.54, 1.807) is 0 Å². The van der Waals surface area contributed by atoms with Crippen molar-refractivity contribution in [1.29, 1.82) is 0 Å². The van der Waals surface area contributed by atoms with Crippen molar-refractivity contribution < 1.29 is 4.79 Å². The Bertz CT molecular complexity index is 535. The number of carbonyl (C=O) groups excluding carboxylic acids is 1. The molecule has 2 aliphatic carbocycles. The van der Waals surface area contributed by atoms with Crippen LogP contribution in [0.5, 0.6) is 0 Å². The highest BCUT2D eigenvalue weighted by Crippen LogP contribution is 2.29. The lowest BCUT2D eigenvalue weighted by atomic mass is 9.88. The second-order valence-corrected chi connectivity index (χ2v) is 8.44. The van der Waals surface area contributed by atoms with Crippen LogP contribution < -0.4 is 0 Å². The molecule has 2 heterocycles. The molecular formula is C18H27N3OS. The summed E-state index contributed by atoms with van der Waals surface area (Å²) in [6.07, 6.45) is 9.72. The number of hydrogen-bond donors (Lipinski definition) is 0. The van der Waals surface area contributed by atoms with Crippen LogP contribution >= 0.6 is 11.3 Å². The van der Waals surface area contributed by atoms with E-state index in [9.17, 15) is 4.79 Å². The summed E-state index contributed by atoms with van der Waals surface area (Å²) in [6, 6.07) is 0. The molecule has 5 heteroatoms. The molecule has 1 saturated carbocycles. The lowest BCUT2D eigenvalue weighted by molar-refractivity contribution is -0.138. The molecule has 4 nitrogen and oxygen atoms in total. The summed E-state index contributed by atoms with van der Waals surface area (Å²) in [5.41, 5.74) is 1.36. The Morgan fingerprint density at radius 3 is 2.57 bits per heavy atom. The van der Waals surface area contributed by atoms with Crippen LogP contribution in [0.15, 0.2) is 0 Å². The van der Waals surface area contributed by atoms with Gasteiger partial charge >= 0.3 is 0 Å². The number of piperazine rings is 1. The van der Waals surface area contributed by atoms with Gasteiger partial charge in [-0.05, 0) is 32.1 Å². The monoisotopic (exact) mass is 333 g/mol. The zero-order chi connectivity index (χ0) is 15.6. The van der Waals surface area contributed by atoms with Crippen LogP contribution in [0, 0.1) is 5.92 Å². The first kappa shape index (κ1) is 15.6. The van der Waals surface area contributed by atoms with E-state index in [-0.39, 0.29) is 0 Å². The van der Waals surface area contributed by atoms with Gasteiger partial charge in [-0.3, -0.25) is 9.69 Å². The van der Waals surface area contributed by atoms with E-state index in [2.05, 4.69) is 9.80 Å². The van der Waals surface area contributed by atoms with Crippen molar-refractivity contribution in [3.05, 3.63) is 15.6 Å². The van der Waals surface area contributed by atoms with Gasteiger partial charge in [0, 0.05) is 37.0 Å². The average molecular weight is 334 g/mol. The van der Waals surface area contributed by atoms with Crippen molar-refractivity contribution in [3.8, 4) is 0 Å². The molecule has 23 heavy (non-hydrogen) atoms. The molecule has 4 rings (SSSR count). The number of aryl methyl sites for hydroxylation is 2. The van der Waals surface area contributed by atoms with E-state index in [0.717, 1.165) is 45.6 Å². The number of thiazole rings is 1. The van der Waals surface area contributed by atoms with E-state index in [4.69, 9.17) is 4.98 Å². The van der Waals surface area contributed by atoms with Crippen LogP contribution in [0.2, 0.25) is 0 Å². The molecule has 1 saturated heterocycles. The maximum Gasteiger partial charge on any atom is 0.225 e. The van der Waals surface area contributed by atoms with Gasteiger partial charge in [0.1, 0.15) is 5.01 Å². The Kier molecular flexibility index (Phi) is 4.67. The third kappa shape index (κ3) is 3.45. The fourth-order valence-electron chi connectivity index (χ4n) is 4.24. The predicted molar refractivity (Wildman–Crippen MR) is 92.6 cm³/mol. The molecule has 0 atom stereocenters. The van der Waals surface area contributed by atoms with Crippen molar-refractivity contribution in [3.63, 3.8) is 0 Å². The smallest absolute Gasteiger partial charge is 0.225 e. The summed E-state index contributed by atoms with van der Waals surface area (Å²) >= 11 is 1.91. The fourth-order valence-corrected chi connectivity index (χ4v) is 5.44. The molecule has 126 valence electrons. The van der Waals surface area contributed by atoms with Crippen LogP contribution in [0.25, 0.3) is 0 Å². The first-order valence-electron chi connectivity index (χ1n) is 9.28. The number of fused-ring (bicyclic) bond motifs is 1. The van der Waals surface area contributed by atoms with Gasteiger partial charge in [0.15, 0.2) is 0 Å². The molecule has 0 aromatic carbocycles. The molecule has 0 radical (unpaired) electrons. The molecule has 1 aromatic rings. The second kappa shape index (κ2) is 6.89. The molecule has 1 aliphatic heterocycles. The average Bonchev–Trinajstić information content (AvgIpc) is 3.17. The molecule has 1 aromatic heterocycles. The molecule has 0 N–H and O–H groups in total. The Morgan fingerprint density at radius 2 is 1.83 bits per heavy atom. The zero-order valence-electron chi connectivity index (χ0n) is 13.9. The van der Waals surface area contributed by atoms with Gasteiger partial charge < -0.3 is 4.90 Å². The number of aromatic nitrogens is 1. The summed E-state index contributed by atoms with van der Waals surface area (Å²) in [5, 5.41) is 1.28. The summed E-state index contributed by atoms with van der Waals surface area (Å²) in [6.45, 7) is 4.79. The summed E-state index contributed by atoms with van der Waals surface area (Å²) < 4.78 is 0. The van der Waals surface area contributed by atoms with Crippen LogP contribution in [0.3, 0.4) is 0 Å². The van der Waals surface area contributed by atoms with Gasteiger partial charge in [-0.1, -0.05) is 19.3 Å². The third-order valence-electron chi connectivity index (χ3n) is 5.64. The first-order chi connectivity index (χ1) is 11.3. The standard InChI is InChI=1S/C18H27N3OS/c22-18(14-5-2-1-3-6-14)21-11-9-20(10-12-21)13-17-19-15-7-4-8-16(15)23-17/h14H,1-13H2. The van der Waals surface area contributed by atoms with Crippen LogP contribution in [0.1, 0.15) is 54.1 Å². The summed E-state index contributed by atoms with van der Waals surface area (Å²) in [5.74, 6) is 0.745. The minimum atomic E-state index is 0.317. The van der Waals surface area contributed by atoms with Crippen molar-refractivity contribution in [2.24, 2.45) is 5.92 Å². The maximum atomic E-state index is 12.6. The third-order valence-corrected chi connectivity index (χ3v) is 6.78. The number of amides is 1. The second-order valence-electron chi connectivity index (χ2n) is 7.27. The Hall–Kier alpha value is -0.940. The predicted octanol–water partition coefficient (Wildman–Crippen LogP) is 2.86. The van der Waals surface area contributed by atoms with Crippen molar-refractivity contribution in [1.82, 2.24) is 14.8 Å². The van der Waals surface area contributed by atoms with Crippen molar-refractivity contribution in [2.75, 3.05) is 26.2 Å². The minimum absolute atomic E-state index is 0.317. The number of carbonyl (C=O) groups is 1. The highest BCUT2D eigenvalue weighted by Gasteiger charge is 2.28. The topological polar surface area (TPSA) is 36.4 Å². The van der Waals surface area contributed by atoms with Crippen LogP contribution in [-0.4, -0.2) is 46.9 Å². The lowest BCUT2D eigenvalue weighted by Crippen LogP contribution is -2.50. The molecule has 1 amide bonds. The largest absolute Gasteiger partial charge is 0.340 e. The van der Waals surface area contributed by atoms with E-state index in [0.29, 0.717) is 11.8 Å². The van der Waals surface area contributed by atoms with Gasteiger partial charge in [0.2, 0.25) is 5.91 Å². The molecular weight excluding hydrogens is 306 g/mol. The molecule has 3 aliphatic rings. The normalized spacial score (nSPS) is 23.2. The van der Waals surface area contributed by atoms with Gasteiger partial charge in [-0.15, -0.1) is 11.3 Å². The quantitative estimate of drug-likeness (QED) is 0.853. The Labute approximate surface area is 142 Å². The SMILES string of the molecule is O=C(C1CCCCC1)N1CCN(Cc2nc3c(s2)CCC3)CC1. The Balaban J connectivity index is 1.27. The van der Waals surface area contributed by atoms with Crippen LogP contribution in [0.4, 0.5) is 0 Å². The van der Waals surface area contributed by atoms with E-state index >= 15 is 0 Å². The van der Waals surface area contributed by atoms with E-state index < -0.39 is 0 Å². The first-order valence-corrected chi connectivity index (χ1v) is 10.1. The minimum Gasteiger partial charge on any atom is -0.340 e.